The number of rotatable bonds is 6. The smallest absolute Gasteiger partial charge is 0.334 e. The monoisotopic (exact) mass is 506 g/mol. The van der Waals surface area contributed by atoms with Crippen LogP contribution in [0.3, 0.4) is 0 Å². The fourth-order valence-corrected chi connectivity index (χ4v) is 0.859. The molecule has 0 aromatic rings. The van der Waals surface area contributed by atoms with Gasteiger partial charge in [-0.2, -0.15) is 0 Å². The first-order valence-electron chi connectivity index (χ1n) is 5.96. The Kier molecular flexibility index (Phi) is 22.9. The SMILES string of the molecule is CC(=O)[CH-]C(C)=O.CC(=O)[CH-]C(C)=O.CC(=O)[CH-]C(C)=O.[Bi+3]. The molecule has 0 fully saturated rings. The summed E-state index contributed by atoms with van der Waals surface area (Å²) in [5.74, 6) is -1.12. The van der Waals surface area contributed by atoms with Crippen LogP contribution in [0.4, 0.5) is 0 Å². The van der Waals surface area contributed by atoms with Crippen molar-refractivity contribution in [3.05, 3.63) is 19.3 Å². The second kappa shape index (κ2) is 17.6. The topological polar surface area (TPSA) is 102 Å². The minimum absolute atomic E-state index is 0. The molecule has 0 N–H and O–H groups in total. The second-order valence-electron chi connectivity index (χ2n) is 4.10. The standard InChI is InChI=1S/3C5H7O2.Bi/c3*1-4(6)3-5(2)7;/h3*3H,1-2H3;/q3*-1;+3. The van der Waals surface area contributed by atoms with E-state index >= 15 is 0 Å². The van der Waals surface area contributed by atoms with Crippen LogP contribution >= 0.6 is 0 Å². The first-order valence-corrected chi connectivity index (χ1v) is 5.96. The van der Waals surface area contributed by atoms with Crippen LogP contribution in [0.5, 0.6) is 0 Å². The van der Waals surface area contributed by atoms with E-state index in [0.717, 1.165) is 19.3 Å². The van der Waals surface area contributed by atoms with E-state index in [1.54, 1.807) is 0 Å². The van der Waals surface area contributed by atoms with Crippen LogP contribution in [0.15, 0.2) is 0 Å². The molecule has 6 nitrogen and oxygen atoms in total. The van der Waals surface area contributed by atoms with Gasteiger partial charge in [-0.1, -0.05) is 0 Å². The Balaban J connectivity index is -0.000000108. The van der Waals surface area contributed by atoms with Crippen molar-refractivity contribution in [2.75, 3.05) is 0 Å². The molecular weight excluding hydrogens is 485 g/mol. The summed E-state index contributed by atoms with van der Waals surface area (Å²) in [6.07, 6.45) is 3.17. The third-order valence-corrected chi connectivity index (χ3v) is 1.22. The molecule has 22 heavy (non-hydrogen) atoms. The number of carbonyl (C=O) groups is 6. The van der Waals surface area contributed by atoms with E-state index in [1.807, 2.05) is 0 Å². The Morgan fingerprint density at radius 1 is 0.409 bits per heavy atom. The molecule has 7 heteroatoms. The van der Waals surface area contributed by atoms with Gasteiger partial charge in [0.05, 0.1) is 0 Å². The molecule has 0 rings (SSSR count). The van der Waals surface area contributed by atoms with E-state index in [1.165, 1.54) is 41.5 Å². The third-order valence-electron chi connectivity index (χ3n) is 1.22. The summed E-state index contributed by atoms with van der Waals surface area (Å²) in [7, 11) is 0. The molecule has 0 bridgehead atoms. The Morgan fingerprint density at radius 2 is 0.500 bits per heavy atom. The van der Waals surface area contributed by atoms with Gasteiger partial charge in [0.2, 0.25) is 0 Å². The third kappa shape index (κ3) is 51.4. The summed E-state index contributed by atoms with van der Waals surface area (Å²) in [4.78, 5) is 59.9. The quantitative estimate of drug-likeness (QED) is 0.299. The van der Waals surface area contributed by atoms with Crippen LogP contribution in [0, 0.1) is 19.3 Å². The summed E-state index contributed by atoms with van der Waals surface area (Å²) in [6, 6.07) is 0. The van der Waals surface area contributed by atoms with E-state index < -0.39 is 0 Å². The minimum atomic E-state index is -0.187. The van der Waals surface area contributed by atoms with E-state index in [0.29, 0.717) is 0 Å². The molecule has 0 aliphatic heterocycles. The predicted molar refractivity (Wildman–Crippen MR) is 82.7 cm³/mol. The van der Waals surface area contributed by atoms with Crippen molar-refractivity contribution in [3.8, 4) is 0 Å². The average molecular weight is 506 g/mol. The van der Waals surface area contributed by atoms with Gasteiger partial charge in [0.25, 0.3) is 0 Å². The average Bonchev–Trinajstić information content (AvgIpc) is 2.10. The number of hydrogen-bond donors (Lipinski definition) is 0. The molecule has 0 saturated carbocycles. The van der Waals surface area contributed by atoms with Gasteiger partial charge in [-0.15, -0.1) is 0 Å². The minimum Gasteiger partial charge on any atom is -0.334 e. The second-order valence-corrected chi connectivity index (χ2v) is 4.10. The van der Waals surface area contributed by atoms with Crippen molar-refractivity contribution < 1.29 is 28.8 Å². The normalized spacial score (nSPS) is 7.36. The van der Waals surface area contributed by atoms with Crippen LogP contribution in [-0.4, -0.2) is 60.9 Å². The molecule has 0 spiro atoms. The molecule has 0 aromatic heterocycles. The van der Waals surface area contributed by atoms with Crippen molar-refractivity contribution in [2.24, 2.45) is 0 Å². The molecule has 0 aliphatic carbocycles. The van der Waals surface area contributed by atoms with Crippen LogP contribution < -0.4 is 0 Å². The van der Waals surface area contributed by atoms with Gasteiger partial charge in [-0.05, 0) is 41.5 Å². The molecule has 0 amide bonds. The summed E-state index contributed by atoms with van der Waals surface area (Å²) in [5.41, 5.74) is 0. The Bertz CT molecular complexity index is 314. The first-order chi connectivity index (χ1) is 9.38. The molecule has 2 radical (unpaired) electrons. The summed E-state index contributed by atoms with van der Waals surface area (Å²) in [5, 5.41) is 0. The Labute approximate surface area is 150 Å². The van der Waals surface area contributed by atoms with E-state index in [2.05, 4.69) is 0 Å². The van der Waals surface area contributed by atoms with Gasteiger partial charge in [0.1, 0.15) is 0 Å². The van der Waals surface area contributed by atoms with E-state index in [-0.39, 0.29) is 60.9 Å². The zero-order valence-corrected chi connectivity index (χ0v) is 17.1. The van der Waals surface area contributed by atoms with Crippen molar-refractivity contribution in [2.45, 2.75) is 41.5 Å². The van der Waals surface area contributed by atoms with Gasteiger partial charge in [0, 0.05) is 34.7 Å². The predicted octanol–water partition coefficient (Wildman–Crippen LogP) is 0.725. The van der Waals surface area contributed by atoms with E-state index in [4.69, 9.17) is 0 Å². The maximum atomic E-state index is 9.98. The van der Waals surface area contributed by atoms with Gasteiger partial charge >= 0.3 is 26.2 Å². The van der Waals surface area contributed by atoms with Crippen LogP contribution in [-0.2, 0) is 28.8 Å². The maximum absolute atomic E-state index is 9.98. The van der Waals surface area contributed by atoms with Gasteiger partial charge in [-0.3, -0.25) is 19.3 Å². The zero-order valence-electron chi connectivity index (χ0n) is 13.6. The fourth-order valence-electron chi connectivity index (χ4n) is 0.859. The summed E-state index contributed by atoms with van der Waals surface area (Å²) >= 11 is 0. The number of carbonyl (C=O) groups excluding carboxylic acids is 6. The molecular formula is C15H21BiO6. The largest absolute Gasteiger partial charge is 3.00 e. The molecule has 0 atom stereocenters. The Hall–Kier alpha value is -1.49. The van der Waals surface area contributed by atoms with E-state index in [9.17, 15) is 28.8 Å². The molecule has 122 valence electrons. The maximum Gasteiger partial charge on any atom is 3.00 e. The molecule has 0 saturated heterocycles. The first kappa shape index (κ1) is 28.6. The van der Waals surface area contributed by atoms with Crippen molar-refractivity contribution in [1.82, 2.24) is 0 Å². The van der Waals surface area contributed by atoms with Gasteiger partial charge in [-0.25, -0.2) is 0 Å². The number of Topliss-reactive ketones (excluding diaryl/α,β-unsaturated/α-hetero) is 6. The van der Waals surface area contributed by atoms with Crippen molar-refractivity contribution in [1.29, 1.82) is 0 Å². The molecule has 0 aliphatic rings. The summed E-state index contributed by atoms with van der Waals surface area (Å²) in [6.45, 7) is 8.09. The zero-order chi connectivity index (χ0) is 17.6. The molecule has 0 heterocycles. The van der Waals surface area contributed by atoms with Gasteiger partial charge in [0.15, 0.2) is 0 Å². The molecule has 0 aromatic carbocycles. The van der Waals surface area contributed by atoms with Gasteiger partial charge < -0.3 is 28.8 Å². The fraction of sp³-hybridized carbons (Fsp3) is 0.400. The Morgan fingerprint density at radius 3 is 0.500 bits per heavy atom. The number of ketones is 6. The van der Waals surface area contributed by atoms with Crippen molar-refractivity contribution in [3.63, 3.8) is 0 Å². The summed E-state index contributed by atoms with van der Waals surface area (Å²) < 4.78 is 0. The number of hydrogen-bond acceptors (Lipinski definition) is 6. The van der Waals surface area contributed by atoms with Crippen LogP contribution in [0.25, 0.3) is 0 Å². The molecule has 0 unspecified atom stereocenters. The van der Waals surface area contributed by atoms with Crippen LogP contribution in [0.1, 0.15) is 41.5 Å². The van der Waals surface area contributed by atoms with Crippen LogP contribution in [0.2, 0.25) is 0 Å². The van der Waals surface area contributed by atoms with Crippen molar-refractivity contribution >= 4 is 60.9 Å².